The van der Waals surface area contributed by atoms with E-state index in [1.54, 1.807) is 0 Å². The van der Waals surface area contributed by atoms with Crippen LogP contribution in [0.1, 0.15) is 40.0 Å². The van der Waals surface area contributed by atoms with Crippen LogP contribution >= 0.6 is 0 Å². The topological polar surface area (TPSA) is 44.5 Å². The van der Waals surface area contributed by atoms with E-state index < -0.39 is 0 Å². The van der Waals surface area contributed by atoms with E-state index in [9.17, 15) is 0 Å². The Balaban J connectivity index is 3.44. The first kappa shape index (κ1) is 12.9. The van der Waals surface area contributed by atoms with E-state index in [0.717, 1.165) is 19.3 Å². The van der Waals surface area contributed by atoms with E-state index >= 15 is 0 Å². The van der Waals surface area contributed by atoms with Crippen molar-refractivity contribution in [1.82, 2.24) is 0 Å². The van der Waals surface area contributed by atoms with Crippen molar-refractivity contribution in [2.45, 2.75) is 52.4 Å². The van der Waals surface area contributed by atoms with Gasteiger partial charge in [-0.2, -0.15) is 0 Å². The van der Waals surface area contributed by atoms with Crippen molar-refractivity contribution in [2.75, 3.05) is 13.2 Å². The molecule has 0 fully saturated rings. The van der Waals surface area contributed by atoms with E-state index in [1.165, 1.54) is 0 Å². The summed E-state index contributed by atoms with van der Waals surface area (Å²) < 4.78 is 10.8. The van der Waals surface area contributed by atoms with Crippen LogP contribution in [0.15, 0.2) is 0 Å². The molecule has 0 saturated carbocycles. The second-order valence-corrected chi connectivity index (χ2v) is 3.25. The van der Waals surface area contributed by atoms with Crippen molar-refractivity contribution >= 4 is 0 Å². The Labute approximate surface area is 81.6 Å². The lowest BCUT2D eigenvalue weighted by molar-refractivity contribution is -0.140. The molecule has 1 atom stereocenters. The van der Waals surface area contributed by atoms with Gasteiger partial charge in [-0.25, -0.2) is 0 Å². The third-order valence-corrected chi connectivity index (χ3v) is 1.80. The fourth-order valence-corrected chi connectivity index (χ4v) is 1.19. The fraction of sp³-hybridized carbons (Fsp3) is 1.00. The highest BCUT2D eigenvalue weighted by Gasteiger charge is 2.07. The highest BCUT2D eigenvalue weighted by molar-refractivity contribution is 4.54. The number of rotatable bonds is 8. The summed E-state index contributed by atoms with van der Waals surface area (Å²) in [5.74, 6) is 0. The van der Waals surface area contributed by atoms with E-state index in [0.29, 0.717) is 13.2 Å². The Bertz CT molecular complexity index is 101. The molecule has 1 unspecified atom stereocenters. The number of hydrogen-bond acceptors (Lipinski definition) is 3. The molecule has 13 heavy (non-hydrogen) atoms. The number of hydrogen-bond donors (Lipinski definition) is 1. The molecule has 0 amide bonds. The van der Waals surface area contributed by atoms with Crippen LogP contribution in [0.2, 0.25) is 0 Å². The van der Waals surface area contributed by atoms with Crippen molar-refractivity contribution in [3.63, 3.8) is 0 Å². The molecule has 0 aromatic heterocycles. The smallest absolute Gasteiger partial charge is 0.157 e. The molecule has 2 N–H and O–H groups in total. The first-order valence-electron chi connectivity index (χ1n) is 5.19. The molecule has 0 radical (unpaired) electrons. The summed E-state index contributed by atoms with van der Waals surface area (Å²) in [5, 5.41) is 0. The summed E-state index contributed by atoms with van der Waals surface area (Å²) in [4.78, 5) is 0. The molecular formula is C10H23NO2. The predicted octanol–water partition coefficient (Wildman–Crippen LogP) is 1.90. The molecule has 0 aliphatic carbocycles. The highest BCUT2D eigenvalue weighted by Crippen LogP contribution is 2.07. The third kappa shape index (κ3) is 8.22. The van der Waals surface area contributed by atoms with Gasteiger partial charge in [0, 0.05) is 19.3 Å². The Hall–Kier alpha value is -0.120. The minimum atomic E-state index is -0.0336. The van der Waals surface area contributed by atoms with Crippen molar-refractivity contribution in [2.24, 2.45) is 5.73 Å². The first-order valence-corrected chi connectivity index (χ1v) is 5.19. The minimum Gasteiger partial charge on any atom is -0.353 e. The van der Waals surface area contributed by atoms with E-state index in [-0.39, 0.29) is 12.3 Å². The number of nitrogens with two attached hydrogens (primary N) is 1. The lowest BCUT2D eigenvalue weighted by atomic mass is 10.1. The van der Waals surface area contributed by atoms with Crippen LogP contribution in [-0.4, -0.2) is 25.5 Å². The van der Waals surface area contributed by atoms with Gasteiger partial charge in [0.15, 0.2) is 6.29 Å². The van der Waals surface area contributed by atoms with Crippen molar-refractivity contribution < 1.29 is 9.47 Å². The molecule has 0 aromatic rings. The quantitative estimate of drug-likeness (QED) is 0.593. The van der Waals surface area contributed by atoms with Crippen LogP contribution in [-0.2, 0) is 9.47 Å². The second-order valence-electron chi connectivity index (χ2n) is 3.25. The third-order valence-electron chi connectivity index (χ3n) is 1.80. The van der Waals surface area contributed by atoms with Crippen LogP contribution in [0.3, 0.4) is 0 Å². The second kappa shape index (κ2) is 8.48. The zero-order valence-electron chi connectivity index (χ0n) is 9.08. The van der Waals surface area contributed by atoms with Crippen LogP contribution in [0.4, 0.5) is 0 Å². The van der Waals surface area contributed by atoms with Gasteiger partial charge >= 0.3 is 0 Å². The zero-order valence-corrected chi connectivity index (χ0v) is 9.08. The SMILES string of the molecule is CCOC(CCCC(C)N)OCC. The fourth-order valence-electron chi connectivity index (χ4n) is 1.19. The molecule has 3 nitrogen and oxygen atoms in total. The van der Waals surface area contributed by atoms with Crippen LogP contribution < -0.4 is 5.73 Å². The van der Waals surface area contributed by atoms with Gasteiger partial charge < -0.3 is 15.2 Å². The molecule has 0 aromatic carbocycles. The number of ether oxygens (including phenoxy) is 2. The molecule has 0 heterocycles. The van der Waals surface area contributed by atoms with Gasteiger partial charge in [0.05, 0.1) is 0 Å². The van der Waals surface area contributed by atoms with E-state index in [1.807, 2.05) is 20.8 Å². The van der Waals surface area contributed by atoms with Gasteiger partial charge in [-0.05, 0) is 40.0 Å². The zero-order chi connectivity index (χ0) is 10.1. The molecule has 3 heteroatoms. The lowest BCUT2D eigenvalue weighted by Crippen LogP contribution is -2.19. The molecule has 0 aliphatic rings. The predicted molar refractivity (Wildman–Crippen MR) is 54.5 cm³/mol. The minimum absolute atomic E-state index is 0.0336. The maximum Gasteiger partial charge on any atom is 0.157 e. The van der Waals surface area contributed by atoms with E-state index in [2.05, 4.69) is 0 Å². The molecule has 0 saturated heterocycles. The van der Waals surface area contributed by atoms with Gasteiger partial charge in [-0.3, -0.25) is 0 Å². The molecule has 0 aliphatic heterocycles. The summed E-state index contributed by atoms with van der Waals surface area (Å²) in [6, 6.07) is 0.281. The Morgan fingerprint density at radius 2 is 1.62 bits per heavy atom. The van der Waals surface area contributed by atoms with Gasteiger partial charge in [0.25, 0.3) is 0 Å². The molecular weight excluding hydrogens is 166 g/mol. The Kier molecular flexibility index (Phi) is 8.40. The summed E-state index contributed by atoms with van der Waals surface area (Å²) in [6.07, 6.45) is 3.02. The molecule has 80 valence electrons. The Morgan fingerprint density at radius 1 is 1.08 bits per heavy atom. The molecule has 0 bridgehead atoms. The van der Waals surface area contributed by atoms with Crippen LogP contribution in [0, 0.1) is 0 Å². The monoisotopic (exact) mass is 189 g/mol. The van der Waals surface area contributed by atoms with Crippen LogP contribution in [0.5, 0.6) is 0 Å². The Morgan fingerprint density at radius 3 is 2.00 bits per heavy atom. The average Bonchev–Trinajstić information content (AvgIpc) is 2.04. The summed E-state index contributed by atoms with van der Waals surface area (Å²) in [7, 11) is 0. The maximum atomic E-state index is 5.64. The average molecular weight is 189 g/mol. The van der Waals surface area contributed by atoms with Crippen molar-refractivity contribution in [1.29, 1.82) is 0 Å². The van der Waals surface area contributed by atoms with Crippen LogP contribution in [0.25, 0.3) is 0 Å². The van der Waals surface area contributed by atoms with E-state index in [4.69, 9.17) is 15.2 Å². The molecule has 0 spiro atoms. The van der Waals surface area contributed by atoms with Gasteiger partial charge in [0.2, 0.25) is 0 Å². The van der Waals surface area contributed by atoms with Gasteiger partial charge in [-0.15, -0.1) is 0 Å². The maximum absolute atomic E-state index is 5.64. The normalized spacial score (nSPS) is 13.6. The van der Waals surface area contributed by atoms with Gasteiger partial charge in [-0.1, -0.05) is 0 Å². The first-order chi connectivity index (χ1) is 6.20. The molecule has 0 rings (SSSR count). The van der Waals surface area contributed by atoms with Gasteiger partial charge in [0.1, 0.15) is 0 Å². The highest BCUT2D eigenvalue weighted by atomic mass is 16.7. The largest absolute Gasteiger partial charge is 0.353 e. The van der Waals surface area contributed by atoms with Crippen molar-refractivity contribution in [3.05, 3.63) is 0 Å². The van der Waals surface area contributed by atoms with Crippen molar-refractivity contribution in [3.8, 4) is 0 Å². The lowest BCUT2D eigenvalue weighted by Gasteiger charge is -2.16. The summed E-state index contributed by atoms with van der Waals surface area (Å²) in [6.45, 7) is 7.41. The summed E-state index contributed by atoms with van der Waals surface area (Å²) in [5.41, 5.74) is 5.64. The summed E-state index contributed by atoms with van der Waals surface area (Å²) >= 11 is 0. The standard InChI is InChI=1S/C10H23NO2/c1-4-12-10(13-5-2)8-6-7-9(3)11/h9-10H,4-8,11H2,1-3H3.